The van der Waals surface area contributed by atoms with Crippen LogP contribution in [-0.4, -0.2) is 46.5 Å². The van der Waals surface area contributed by atoms with E-state index >= 15 is 0 Å². The molecule has 3 aliphatic rings. The van der Waals surface area contributed by atoms with Crippen LogP contribution in [0, 0.1) is 40.7 Å². The minimum absolute atomic E-state index is 0.0422. The van der Waals surface area contributed by atoms with Crippen LogP contribution in [-0.2, 0) is 19.1 Å². The number of nitrogens with zero attached hydrogens (tertiary/aromatic N) is 2. The maximum absolute atomic E-state index is 12.5. The van der Waals surface area contributed by atoms with Gasteiger partial charge in [0.2, 0.25) is 17.6 Å². The zero-order valence-electron chi connectivity index (χ0n) is 15.6. The van der Waals surface area contributed by atoms with Gasteiger partial charge in [-0.2, -0.15) is 0 Å². The number of carbonyl (C=O) groups excluding carboxylic acids is 4. The number of hydrogen-bond acceptors (Lipinski definition) is 7. The van der Waals surface area contributed by atoms with E-state index < -0.39 is 41.7 Å². The molecule has 2 fully saturated rings. The minimum Gasteiger partial charge on any atom is -0.456 e. The average molecular weight is 398 g/mol. The molecule has 2 amide bonds. The minimum atomic E-state index is -0.873. The van der Waals surface area contributed by atoms with Gasteiger partial charge in [0.15, 0.2) is 6.61 Å². The van der Waals surface area contributed by atoms with Crippen LogP contribution in [0.2, 0.25) is 0 Å². The molecular formula is C20H18N2O7. The highest BCUT2D eigenvalue weighted by Crippen LogP contribution is 2.52. The highest BCUT2D eigenvalue weighted by Gasteiger charge is 2.59. The third kappa shape index (κ3) is 3.12. The van der Waals surface area contributed by atoms with Crippen molar-refractivity contribution < 1.29 is 28.8 Å². The number of Topliss-reactive ketones (excluding diaryl/α,β-unsaturated/α-hetero) is 1. The Labute approximate surface area is 165 Å². The summed E-state index contributed by atoms with van der Waals surface area (Å²) in [7, 11) is 0. The molecule has 4 rings (SSSR count). The quantitative estimate of drug-likeness (QED) is 0.177. The van der Waals surface area contributed by atoms with Crippen LogP contribution in [0.4, 0.5) is 5.69 Å². The van der Waals surface area contributed by atoms with Crippen molar-refractivity contribution in [3.05, 3.63) is 51.6 Å². The van der Waals surface area contributed by atoms with E-state index in [-0.39, 0.29) is 34.9 Å². The summed E-state index contributed by atoms with van der Waals surface area (Å²) in [4.78, 5) is 60.7. The number of benzene rings is 1. The number of fused-ring (bicyclic) bond motifs is 5. The topological polar surface area (TPSA) is 124 Å². The van der Waals surface area contributed by atoms with Gasteiger partial charge in [-0.1, -0.05) is 24.3 Å². The number of imide groups is 1. The number of amides is 2. The molecule has 2 aliphatic carbocycles. The van der Waals surface area contributed by atoms with Crippen LogP contribution >= 0.6 is 0 Å². The van der Waals surface area contributed by atoms with Gasteiger partial charge < -0.3 is 4.74 Å². The van der Waals surface area contributed by atoms with E-state index in [9.17, 15) is 29.3 Å². The van der Waals surface area contributed by atoms with Crippen LogP contribution in [0.15, 0.2) is 30.4 Å². The Morgan fingerprint density at radius 3 is 2.38 bits per heavy atom. The van der Waals surface area contributed by atoms with Gasteiger partial charge >= 0.3 is 5.97 Å². The van der Waals surface area contributed by atoms with E-state index in [2.05, 4.69) is 0 Å². The van der Waals surface area contributed by atoms with Crippen molar-refractivity contribution in [1.29, 1.82) is 0 Å². The standard InChI is InChI=1S/C20H18N2O7/c1-10-2-3-11(7-14(10)22(27)28)15(23)9-29-16(24)8-21-19(25)17-12-4-5-13(6-12)18(17)20(21)26/h2-5,7,12-13,17-18H,6,8-9H2,1H3/t12-,13-,17-,18+/m0/s1. The number of rotatable bonds is 6. The molecular weight excluding hydrogens is 380 g/mol. The largest absolute Gasteiger partial charge is 0.456 e. The molecule has 1 heterocycles. The number of ketones is 1. The predicted octanol–water partition coefficient (Wildman–Crippen LogP) is 1.44. The molecule has 0 spiro atoms. The van der Waals surface area contributed by atoms with Gasteiger partial charge in [-0.05, 0) is 25.2 Å². The molecule has 0 N–H and O–H groups in total. The molecule has 1 aliphatic heterocycles. The summed E-state index contributed by atoms with van der Waals surface area (Å²) in [6, 6.07) is 3.98. The first-order valence-electron chi connectivity index (χ1n) is 9.25. The second-order valence-electron chi connectivity index (χ2n) is 7.60. The summed E-state index contributed by atoms with van der Waals surface area (Å²) in [6.45, 7) is 0.383. The van der Waals surface area contributed by atoms with Gasteiger partial charge in [-0.15, -0.1) is 0 Å². The number of allylic oxidation sites excluding steroid dienone is 2. The number of ether oxygens (including phenoxy) is 1. The second-order valence-corrected chi connectivity index (χ2v) is 7.60. The van der Waals surface area contributed by atoms with Gasteiger partial charge in [0.1, 0.15) is 6.54 Å². The second kappa shape index (κ2) is 6.91. The van der Waals surface area contributed by atoms with Crippen molar-refractivity contribution >= 4 is 29.3 Å². The summed E-state index contributed by atoms with van der Waals surface area (Å²) in [5, 5.41) is 11.0. The number of nitro benzene ring substituents is 1. The lowest BCUT2D eigenvalue weighted by Crippen LogP contribution is -2.38. The summed E-state index contributed by atoms with van der Waals surface area (Å²) >= 11 is 0. The van der Waals surface area contributed by atoms with Crippen molar-refractivity contribution in [3.8, 4) is 0 Å². The molecule has 2 bridgehead atoms. The highest BCUT2D eigenvalue weighted by molar-refractivity contribution is 6.08. The summed E-state index contributed by atoms with van der Waals surface area (Å²) in [5.41, 5.74) is 0.245. The van der Waals surface area contributed by atoms with E-state index in [0.29, 0.717) is 5.56 Å². The fourth-order valence-corrected chi connectivity index (χ4v) is 4.50. The smallest absolute Gasteiger partial charge is 0.326 e. The van der Waals surface area contributed by atoms with Gasteiger partial charge in [0.25, 0.3) is 5.69 Å². The van der Waals surface area contributed by atoms with E-state index in [0.717, 1.165) is 17.4 Å². The Bertz CT molecular complexity index is 953. The Balaban J connectivity index is 1.36. The molecule has 1 aromatic carbocycles. The van der Waals surface area contributed by atoms with Crippen LogP contribution in [0.25, 0.3) is 0 Å². The average Bonchev–Trinajstić information content (AvgIpc) is 3.36. The monoisotopic (exact) mass is 398 g/mol. The molecule has 150 valence electrons. The fourth-order valence-electron chi connectivity index (χ4n) is 4.50. The Morgan fingerprint density at radius 2 is 1.79 bits per heavy atom. The van der Waals surface area contributed by atoms with Crippen molar-refractivity contribution in [2.75, 3.05) is 13.2 Å². The zero-order valence-corrected chi connectivity index (χ0v) is 15.6. The molecule has 0 aromatic heterocycles. The number of aryl methyl sites for hydroxylation is 1. The molecule has 4 atom stereocenters. The van der Waals surface area contributed by atoms with Crippen LogP contribution in [0.5, 0.6) is 0 Å². The van der Waals surface area contributed by atoms with Crippen molar-refractivity contribution in [2.45, 2.75) is 13.3 Å². The Morgan fingerprint density at radius 1 is 1.17 bits per heavy atom. The van der Waals surface area contributed by atoms with E-state index in [1.54, 1.807) is 6.92 Å². The lowest BCUT2D eigenvalue weighted by atomic mass is 9.85. The van der Waals surface area contributed by atoms with Crippen molar-refractivity contribution in [2.24, 2.45) is 23.7 Å². The molecule has 1 saturated carbocycles. The molecule has 1 saturated heterocycles. The zero-order chi connectivity index (χ0) is 20.9. The van der Waals surface area contributed by atoms with Gasteiger partial charge in [0.05, 0.1) is 16.8 Å². The van der Waals surface area contributed by atoms with Gasteiger partial charge in [0, 0.05) is 17.2 Å². The summed E-state index contributed by atoms with van der Waals surface area (Å²) in [6.07, 6.45) is 4.71. The van der Waals surface area contributed by atoms with Crippen molar-refractivity contribution in [1.82, 2.24) is 4.90 Å². The first-order chi connectivity index (χ1) is 13.8. The number of nitro groups is 1. The SMILES string of the molecule is Cc1ccc(C(=O)COC(=O)CN2C(=O)[C@@H]3[C@H](C2=O)[C@H]2C=C[C@H]3C2)cc1[N+](=O)[O-]. The van der Waals surface area contributed by atoms with Crippen LogP contribution in [0.3, 0.4) is 0 Å². The number of hydrogen-bond donors (Lipinski definition) is 0. The maximum atomic E-state index is 12.5. The van der Waals surface area contributed by atoms with E-state index in [4.69, 9.17) is 4.74 Å². The summed E-state index contributed by atoms with van der Waals surface area (Å²) in [5.74, 6) is -2.94. The molecule has 0 unspecified atom stereocenters. The van der Waals surface area contributed by atoms with Crippen LogP contribution in [0.1, 0.15) is 22.3 Å². The fraction of sp³-hybridized carbons (Fsp3) is 0.400. The number of likely N-dealkylation sites (tertiary alicyclic amines) is 1. The molecule has 9 nitrogen and oxygen atoms in total. The van der Waals surface area contributed by atoms with E-state index in [1.807, 2.05) is 12.2 Å². The highest BCUT2D eigenvalue weighted by atomic mass is 16.6. The lowest BCUT2D eigenvalue weighted by Gasteiger charge is -2.16. The number of esters is 1. The normalized spacial score (nSPS) is 26.7. The van der Waals surface area contributed by atoms with Gasteiger partial charge in [-0.25, -0.2) is 0 Å². The molecule has 29 heavy (non-hydrogen) atoms. The summed E-state index contributed by atoms with van der Waals surface area (Å²) < 4.78 is 4.92. The first kappa shape index (κ1) is 19.0. The maximum Gasteiger partial charge on any atom is 0.326 e. The molecule has 9 heteroatoms. The third-order valence-corrected chi connectivity index (χ3v) is 5.94. The predicted molar refractivity (Wildman–Crippen MR) is 97.6 cm³/mol. The van der Waals surface area contributed by atoms with E-state index in [1.165, 1.54) is 12.1 Å². The Kier molecular flexibility index (Phi) is 4.52. The third-order valence-electron chi connectivity index (χ3n) is 5.94. The van der Waals surface area contributed by atoms with Crippen molar-refractivity contribution in [3.63, 3.8) is 0 Å². The van der Waals surface area contributed by atoms with Gasteiger partial charge in [-0.3, -0.25) is 34.2 Å². The molecule has 1 aromatic rings. The van der Waals surface area contributed by atoms with Crippen LogP contribution < -0.4 is 0 Å². The Hall–Kier alpha value is -3.36. The lowest BCUT2D eigenvalue weighted by molar-refractivity contribution is -0.385. The number of carbonyl (C=O) groups is 4. The first-order valence-corrected chi connectivity index (χ1v) is 9.25. The molecule has 0 radical (unpaired) electrons.